The van der Waals surface area contributed by atoms with E-state index in [2.05, 4.69) is 20.7 Å². The molecule has 10 heteroatoms. The molecular formula is C20H21BrNO6PS. The molecule has 1 aliphatic carbocycles. The zero-order chi connectivity index (χ0) is 22.0. The summed E-state index contributed by atoms with van der Waals surface area (Å²) in [7, 11) is -8.37. The van der Waals surface area contributed by atoms with E-state index in [1.54, 1.807) is 56.3 Å². The van der Waals surface area contributed by atoms with Gasteiger partial charge >= 0.3 is 7.60 Å². The van der Waals surface area contributed by atoms with Gasteiger partial charge in [0.1, 0.15) is 0 Å². The average Bonchev–Trinajstić information content (AvgIpc) is 2.72. The zero-order valence-electron chi connectivity index (χ0n) is 16.4. The van der Waals surface area contributed by atoms with Crippen molar-refractivity contribution in [1.82, 2.24) is 4.72 Å². The molecule has 0 fully saturated rings. The molecule has 0 saturated heterocycles. The van der Waals surface area contributed by atoms with Crippen molar-refractivity contribution in [2.75, 3.05) is 13.2 Å². The maximum atomic E-state index is 14.1. The fourth-order valence-electron chi connectivity index (χ4n) is 3.28. The van der Waals surface area contributed by atoms with Crippen LogP contribution in [0, 0.1) is 0 Å². The third-order valence-corrected chi connectivity index (χ3v) is 9.27. The second-order valence-corrected chi connectivity index (χ2v) is 11.1. The number of hydrogen-bond donors (Lipinski definition) is 1. The van der Waals surface area contributed by atoms with Crippen LogP contribution in [0.1, 0.15) is 29.8 Å². The van der Waals surface area contributed by atoms with E-state index in [4.69, 9.17) is 9.05 Å². The maximum absolute atomic E-state index is 14.1. The number of carbonyl (C=O) groups is 1. The quantitative estimate of drug-likeness (QED) is 0.519. The van der Waals surface area contributed by atoms with Gasteiger partial charge in [-0.15, -0.1) is 0 Å². The summed E-state index contributed by atoms with van der Waals surface area (Å²) in [6, 6.07) is 14.0. The van der Waals surface area contributed by atoms with Crippen molar-refractivity contribution < 1.29 is 26.8 Å². The topological polar surface area (TPSA) is 98.8 Å². The molecule has 0 amide bonds. The van der Waals surface area contributed by atoms with Gasteiger partial charge in [0, 0.05) is 11.1 Å². The predicted octanol–water partition coefficient (Wildman–Crippen LogP) is 4.56. The number of carbonyl (C=O) groups excluding carboxylic acids is 1. The molecule has 1 N–H and O–H groups in total. The SMILES string of the molecule is CCOP(=O)(OCC)[C@]1(NS(=O)(=O)c2ccccc2)C=C(Br)C(=O)c2ccccc21. The Labute approximate surface area is 184 Å². The van der Waals surface area contributed by atoms with Crippen LogP contribution in [0.3, 0.4) is 0 Å². The number of benzene rings is 2. The van der Waals surface area contributed by atoms with E-state index in [1.807, 2.05) is 0 Å². The molecule has 1 atom stereocenters. The molecule has 30 heavy (non-hydrogen) atoms. The number of nitrogens with one attached hydrogen (secondary N) is 1. The molecule has 160 valence electrons. The molecular weight excluding hydrogens is 493 g/mol. The van der Waals surface area contributed by atoms with Crippen LogP contribution in [0.25, 0.3) is 0 Å². The van der Waals surface area contributed by atoms with Crippen LogP contribution in [0.4, 0.5) is 0 Å². The Hall–Kier alpha value is -1.61. The Kier molecular flexibility index (Phi) is 6.81. The highest BCUT2D eigenvalue weighted by Crippen LogP contribution is 2.66. The Morgan fingerprint density at radius 2 is 1.57 bits per heavy atom. The third kappa shape index (κ3) is 3.98. The Morgan fingerprint density at radius 1 is 1.00 bits per heavy atom. The van der Waals surface area contributed by atoms with Gasteiger partial charge in [0.2, 0.25) is 10.0 Å². The van der Waals surface area contributed by atoms with Crippen LogP contribution in [-0.2, 0) is 28.9 Å². The summed E-state index contributed by atoms with van der Waals surface area (Å²) in [5.74, 6) is -0.361. The minimum absolute atomic E-state index is 0.00760. The van der Waals surface area contributed by atoms with Crippen LogP contribution in [0.15, 0.2) is 70.1 Å². The van der Waals surface area contributed by atoms with Crippen molar-refractivity contribution in [2.24, 2.45) is 0 Å². The van der Waals surface area contributed by atoms with Crippen LogP contribution >= 0.6 is 23.5 Å². The maximum Gasteiger partial charge on any atom is 0.360 e. The third-order valence-electron chi connectivity index (χ3n) is 4.51. The highest BCUT2D eigenvalue weighted by molar-refractivity contribution is 9.12. The Bertz CT molecular complexity index is 1120. The predicted molar refractivity (Wildman–Crippen MR) is 117 cm³/mol. The largest absolute Gasteiger partial charge is 0.360 e. The molecule has 0 aromatic heterocycles. The van der Waals surface area contributed by atoms with Crippen molar-refractivity contribution in [1.29, 1.82) is 0 Å². The van der Waals surface area contributed by atoms with E-state index >= 15 is 0 Å². The van der Waals surface area contributed by atoms with Gasteiger partial charge in [-0.25, -0.2) is 8.42 Å². The van der Waals surface area contributed by atoms with Gasteiger partial charge in [-0.3, -0.25) is 9.36 Å². The van der Waals surface area contributed by atoms with E-state index in [0.717, 1.165) is 0 Å². The minimum Gasteiger partial charge on any atom is -0.307 e. The summed E-state index contributed by atoms with van der Waals surface area (Å²) >= 11 is 3.20. The zero-order valence-corrected chi connectivity index (χ0v) is 19.7. The lowest BCUT2D eigenvalue weighted by Gasteiger charge is -2.40. The van der Waals surface area contributed by atoms with E-state index in [-0.39, 0.29) is 39.5 Å². The summed E-state index contributed by atoms with van der Waals surface area (Å²) in [5, 5.41) is -1.95. The summed E-state index contributed by atoms with van der Waals surface area (Å²) in [6.07, 6.45) is 1.27. The molecule has 2 aromatic rings. The Balaban J connectivity index is 2.34. The van der Waals surface area contributed by atoms with Crippen molar-refractivity contribution in [3.63, 3.8) is 0 Å². The molecule has 0 bridgehead atoms. The van der Waals surface area contributed by atoms with Crippen LogP contribution in [0.2, 0.25) is 0 Å². The molecule has 0 unspecified atom stereocenters. The molecule has 0 spiro atoms. The summed E-state index contributed by atoms with van der Waals surface area (Å²) < 4.78 is 54.4. The number of rotatable bonds is 8. The van der Waals surface area contributed by atoms with E-state index in [0.29, 0.717) is 0 Å². The van der Waals surface area contributed by atoms with Crippen LogP contribution < -0.4 is 4.72 Å². The molecule has 0 heterocycles. The van der Waals surface area contributed by atoms with E-state index in [1.165, 1.54) is 18.2 Å². The number of Topliss-reactive ketones (excluding diaryl/α,β-unsaturated/α-hetero) is 1. The Morgan fingerprint density at radius 3 is 2.17 bits per heavy atom. The minimum atomic E-state index is -4.19. The van der Waals surface area contributed by atoms with Gasteiger partial charge in [0.05, 0.1) is 22.6 Å². The van der Waals surface area contributed by atoms with Gasteiger partial charge < -0.3 is 9.05 Å². The number of fused-ring (bicyclic) bond motifs is 1. The number of ketones is 1. The van der Waals surface area contributed by atoms with E-state index in [9.17, 15) is 17.8 Å². The highest BCUT2D eigenvalue weighted by atomic mass is 79.9. The first-order valence-corrected chi connectivity index (χ1v) is 13.0. The van der Waals surface area contributed by atoms with Crippen LogP contribution in [-0.4, -0.2) is 27.4 Å². The van der Waals surface area contributed by atoms with E-state index < -0.39 is 22.9 Å². The molecule has 1 aliphatic rings. The molecule has 7 nitrogen and oxygen atoms in total. The van der Waals surface area contributed by atoms with Gasteiger partial charge in [-0.05, 0) is 48.0 Å². The normalized spacial score (nSPS) is 19.3. The molecule has 0 radical (unpaired) electrons. The van der Waals surface area contributed by atoms with Gasteiger partial charge in [-0.2, -0.15) is 4.72 Å². The highest BCUT2D eigenvalue weighted by Gasteiger charge is 2.57. The lowest BCUT2D eigenvalue weighted by Crippen LogP contribution is -2.47. The standard InChI is InChI=1S/C20H21BrNO6PS/c1-3-27-29(24,28-4-2)20(22-30(25,26)15-10-6-5-7-11-15)14-18(21)19(23)16-12-8-9-13-17(16)20/h5-14,22H,3-4H2,1-2H3/t20-/m1/s1. The van der Waals surface area contributed by atoms with Gasteiger partial charge in [0.25, 0.3) is 0 Å². The number of allylic oxidation sites excluding steroid dienone is 1. The molecule has 3 rings (SSSR count). The van der Waals surface area contributed by atoms with Crippen LogP contribution in [0.5, 0.6) is 0 Å². The fourth-order valence-corrected chi connectivity index (χ4v) is 7.97. The summed E-state index contributed by atoms with van der Waals surface area (Å²) in [4.78, 5) is 12.7. The first-order chi connectivity index (χ1) is 14.2. The number of hydrogen-bond acceptors (Lipinski definition) is 6. The number of halogens is 1. The first-order valence-electron chi connectivity index (χ1n) is 9.21. The summed E-state index contributed by atoms with van der Waals surface area (Å²) in [6.45, 7) is 3.27. The summed E-state index contributed by atoms with van der Waals surface area (Å²) in [5.41, 5.74) is 0.394. The lowest BCUT2D eigenvalue weighted by molar-refractivity contribution is 0.103. The second kappa shape index (κ2) is 8.86. The average molecular weight is 514 g/mol. The molecule has 0 aliphatic heterocycles. The molecule has 2 aromatic carbocycles. The van der Waals surface area contributed by atoms with Crippen molar-refractivity contribution in [3.05, 3.63) is 76.3 Å². The smallest absolute Gasteiger partial charge is 0.307 e. The number of sulfonamides is 1. The van der Waals surface area contributed by atoms with Crippen molar-refractivity contribution >= 4 is 39.3 Å². The van der Waals surface area contributed by atoms with Gasteiger partial charge in [-0.1, -0.05) is 42.5 Å². The van der Waals surface area contributed by atoms with Gasteiger partial charge in [0.15, 0.2) is 11.1 Å². The lowest BCUT2D eigenvalue weighted by atomic mass is 9.92. The van der Waals surface area contributed by atoms with Crippen molar-refractivity contribution in [3.8, 4) is 0 Å². The fraction of sp³-hybridized carbons (Fsp3) is 0.250. The van der Waals surface area contributed by atoms with Crippen molar-refractivity contribution in [2.45, 2.75) is 24.0 Å². The molecule has 0 saturated carbocycles. The first kappa shape index (κ1) is 23.1. The monoisotopic (exact) mass is 513 g/mol. The second-order valence-electron chi connectivity index (χ2n) is 6.38.